The monoisotopic (exact) mass is 649 g/mol. The lowest BCUT2D eigenvalue weighted by Crippen LogP contribution is -2.63. The summed E-state index contributed by atoms with van der Waals surface area (Å²) in [6, 6.07) is 23.3. The zero-order chi connectivity index (χ0) is 32.0. The quantitative estimate of drug-likeness (QED) is 0.293. The number of halogens is 2. The maximum absolute atomic E-state index is 14.2. The van der Waals surface area contributed by atoms with Crippen LogP contribution >= 0.6 is 23.2 Å². The van der Waals surface area contributed by atoms with Crippen LogP contribution in [0, 0.1) is 0 Å². The normalized spacial score (nSPS) is 20.0. The van der Waals surface area contributed by atoms with E-state index in [1.54, 1.807) is 0 Å². The van der Waals surface area contributed by atoms with E-state index in [0.717, 1.165) is 48.9 Å². The lowest BCUT2D eigenvalue weighted by molar-refractivity contribution is -0.139. The SMILES string of the molecule is CCN(CC)CC(c1ccc(Cl)cc1)N1CCN(C(=O)[C@@H](Cc2ccc(Cl)cc2)NC(=O)C2(C)Cc3ccccc3CN2)CC1. The highest BCUT2D eigenvalue weighted by atomic mass is 35.5. The number of nitrogens with zero attached hydrogens (tertiary/aromatic N) is 3. The first-order chi connectivity index (χ1) is 21.7. The molecule has 2 aliphatic rings. The van der Waals surface area contributed by atoms with Crippen molar-refractivity contribution in [2.75, 3.05) is 45.8 Å². The molecular formula is C36H45Cl2N5O2. The zero-order valence-corrected chi connectivity index (χ0v) is 28.1. The highest BCUT2D eigenvalue weighted by Crippen LogP contribution is 2.27. The van der Waals surface area contributed by atoms with Crippen LogP contribution in [0.2, 0.25) is 10.0 Å². The minimum absolute atomic E-state index is 0.0513. The second kappa shape index (κ2) is 15.1. The van der Waals surface area contributed by atoms with Gasteiger partial charge in [0, 0.05) is 61.8 Å². The van der Waals surface area contributed by atoms with Crippen molar-refractivity contribution in [3.8, 4) is 0 Å². The van der Waals surface area contributed by atoms with Crippen molar-refractivity contribution in [2.24, 2.45) is 0 Å². The van der Waals surface area contributed by atoms with Gasteiger partial charge in [0.25, 0.3) is 0 Å². The Hall–Kier alpha value is -2.94. The van der Waals surface area contributed by atoms with Crippen LogP contribution in [-0.4, -0.2) is 83.9 Å². The molecule has 9 heteroatoms. The number of carbonyl (C=O) groups is 2. The van der Waals surface area contributed by atoms with E-state index in [1.165, 1.54) is 11.1 Å². The Labute approximate surface area is 277 Å². The lowest BCUT2D eigenvalue weighted by atomic mass is 9.85. The highest BCUT2D eigenvalue weighted by Gasteiger charge is 2.39. The Morgan fingerprint density at radius 1 is 0.889 bits per heavy atom. The molecule has 0 saturated carbocycles. The van der Waals surface area contributed by atoms with Crippen LogP contribution in [0.5, 0.6) is 0 Å². The lowest BCUT2D eigenvalue weighted by Gasteiger charge is -2.42. The molecular weight excluding hydrogens is 605 g/mol. The largest absolute Gasteiger partial charge is 0.342 e. The maximum atomic E-state index is 14.2. The number of likely N-dealkylation sites (N-methyl/N-ethyl adjacent to an activating group) is 1. The van der Waals surface area contributed by atoms with Crippen LogP contribution in [0.3, 0.4) is 0 Å². The van der Waals surface area contributed by atoms with Crippen LogP contribution in [0.15, 0.2) is 72.8 Å². The second-order valence-electron chi connectivity index (χ2n) is 12.4. The molecule has 0 spiro atoms. The number of carbonyl (C=O) groups excluding carboxylic acids is 2. The maximum Gasteiger partial charge on any atom is 0.245 e. The van der Waals surface area contributed by atoms with Crippen molar-refractivity contribution in [1.82, 2.24) is 25.3 Å². The Kier molecular flexibility index (Phi) is 11.2. The molecule has 2 unspecified atom stereocenters. The number of fused-ring (bicyclic) bond motifs is 1. The number of hydrogen-bond donors (Lipinski definition) is 2. The van der Waals surface area contributed by atoms with E-state index in [4.69, 9.17) is 23.2 Å². The van der Waals surface area contributed by atoms with Gasteiger partial charge in [-0.1, -0.05) is 85.6 Å². The van der Waals surface area contributed by atoms with Gasteiger partial charge in [0.2, 0.25) is 11.8 Å². The van der Waals surface area contributed by atoms with E-state index in [0.29, 0.717) is 37.5 Å². The molecule has 3 aromatic carbocycles. The summed E-state index contributed by atoms with van der Waals surface area (Å²) in [5.41, 5.74) is 3.72. The van der Waals surface area contributed by atoms with E-state index in [2.05, 4.69) is 58.5 Å². The third kappa shape index (κ3) is 8.27. The third-order valence-corrected chi connectivity index (χ3v) is 9.94. The molecule has 5 rings (SSSR count). The van der Waals surface area contributed by atoms with Gasteiger partial charge in [0.1, 0.15) is 6.04 Å². The minimum Gasteiger partial charge on any atom is -0.342 e. The number of amides is 2. The fourth-order valence-corrected chi connectivity index (χ4v) is 6.74. The van der Waals surface area contributed by atoms with Gasteiger partial charge in [0.05, 0.1) is 5.54 Å². The fourth-order valence-electron chi connectivity index (χ4n) is 6.49. The van der Waals surface area contributed by atoms with Crippen molar-refractivity contribution in [2.45, 2.75) is 57.8 Å². The molecule has 2 N–H and O–H groups in total. The number of hydrogen-bond acceptors (Lipinski definition) is 5. The molecule has 3 atom stereocenters. The summed E-state index contributed by atoms with van der Waals surface area (Å²) in [6.45, 7) is 12.5. The van der Waals surface area contributed by atoms with Gasteiger partial charge in [-0.2, -0.15) is 0 Å². The van der Waals surface area contributed by atoms with Gasteiger partial charge in [-0.3, -0.25) is 19.8 Å². The number of piperazine rings is 1. The van der Waals surface area contributed by atoms with E-state index in [9.17, 15) is 9.59 Å². The van der Waals surface area contributed by atoms with Gasteiger partial charge in [-0.05, 0) is 73.0 Å². The molecule has 1 fully saturated rings. The Morgan fingerprint density at radius 3 is 2.11 bits per heavy atom. The van der Waals surface area contributed by atoms with Gasteiger partial charge < -0.3 is 15.1 Å². The fraction of sp³-hybridized carbons (Fsp3) is 0.444. The molecule has 0 aromatic heterocycles. The molecule has 7 nitrogen and oxygen atoms in total. The predicted molar refractivity (Wildman–Crippen MR) is 183 cm³/mol. The first-order valence-electron chi connectivity index (χ1n) is 16.1. The minimum atomic E-state index is -0.818. The number of rotatable bonds is 11. The standard InChI is InChI=1S/C36H45Cl2N5O2/c1-4-41(5-2)25-33(27-12-16-31(38)17-13-27)42-18-20-43(21-19-42)34(44)32(22-26-10-14-30(37)15-11-26)40-35(45)36(3)23-28-8-6-7-9-29(28)24-39-36/h6-17,32-33,39H,4-5,18-25H2,1-3H3,(H,40,45)/t32-,33?,36?/m1/s1. The van der Waals surface area contributed by atoms with Gasteiger partial charge in [0.15, 0.2) is 0 Å². The van der Waals surface area contributed by atoms with E-state index < -0.39 is 11.6 Å². The van der Waals surface area contributed by atoms with E-state index >= 15 is 0 Å². The summed E-state index contributed by atoms with van der Waals surface area (Å²) < 4.78 is 0. The second-order valence-corrected chi connectivity index (χ2v) is 13.3. The van der Waals surface area contributed by atoms with E-state index in [1.807, 2.05) is 60.4 Å². The molecule has 2 amide bonds. The first-order valence-corrected chi connectivity index (χ1v) is 16.8. The zero-order valence-electron chi connectivity index (χ0n) is 26.6. The summed E-state index contributed by atoms with van der Waals surface area (Å²) in [6.07, 6.45) is 0.956. The van der Waals surface area contributed by atoms with Crippen LogP contribution < -0.4 is 10.6 Å². The van der Waals surface area contributed by atoms with Gasteiger partial charge in [-0.15, -0.1) is 0 Å². The first kappa shape index (κ1) is 33.4. The molecule has 1 saturated heterocycles. The van der Waals surface area contributed by atoms with Crippen LogP contribution in [0.1, 0.15) is 49.1 Å². The topological polar surface area (TPSA) is 67.9 Å². The molecule has 240 valence electrons. The Bertz CT molecular complexity index is 1440. The predicted octanol–water partition coefficient (Wildman–Crippen LogP) is 5.35. The number of benzene rings is 3. The molecule has 0 radical (unpaired) electrons. The average Bonchev–Trinajstić information content (AvgIpc) is 3.06. The summed E-state index contributed by atoms with van der Waals surface area (Å²) in [5, 5.41) is 7.97. The Balaban J connectivity index is 1.30. The van der Waals surface area contributed by atoms with Crippen molar-refractivity contribution in [3.05, 3.63) is 105 Å². The summed E-state index contributed by atoms with van der Waals surface area (Å²) in [7, 11) is 0. The molecule has 2 aliphatic heterocycles. The van der Waals surface area contributed by atoms with Crippen LogP contribution in [0.4, 0.5) is 0 Å². The third-order valence-electron chi connectivity index (χ3n) is 9.44. The van der Waals surface area contributed by atoms with Crippen molar-refractivity contribution in [3.63, 3.8) is 0 Å². The summed E-state index contributed by atoms with van der Waals surface area (Å²) in [5.74, 6) is -0.213. The highest BCUT2D eigenvalue weighted by molar-refractivity contribution is 6.30. The van der Waals surface area contributed by atoms with Gasteiger partial charge >= 0.3 is 0 Å². The van der Waals surface area contributed by atoms with Crippen molar-refractivity contribution >= 4 is 35.0 Å². The summed E-state index contributed by atoms with van der Waals surface area (Å²) in [4.78, 5) is 34.9. The van der Waals surface area contributed by atoms with E-state index in [-0.39, 0.29) is 17.9 Å². The number of nitrogens with one attached hydrogen (secondary N) is 2. The van der Waals surface area contributed by atoms with Gasteiger partial charge in [-0.25, -0.2) is 0 Å². The van der Waals surface area contributed by atoms with Crippen molar-refractivity contribution < 1.29 is 9.59 Å². The smallest absolute Gasteiger partial charge is 0.245 e. The Morgan fingerprint density at radius 2 is 1.49 bits per heavy atom. The summed E-state index contributed by atoms with van der Waals surface area (Å²) >= 11 is 12.4. The molecule has 0 bridgehead atoms. The molecule has 45 heavy (non-hydrogen) atoms. The molecule has 2 heterocycles. The molecule has 3 aromatic rings. The molecule has 0 aliphatic carbocycles. The van der Waals surface area contributed by atoms with Crippen LogP contribution in [-0.2, 0) is 29.0 Å². The average molecular weight is 651 g/mol. The van der Waals surface area contributed by atoms with Crippen LogP contribution in [0.25, 0.3) is 0 Å². The van der Waals surface area contributed by atoms with Crippen molar-refractivity contribution in [1.29, 1.82) is 0 Å².